The zero-order valence-corrected chi connectivity index (χ0v) is 9.23. The van der Waals surface area contributed by atoms with Gasteiger partial charge in [0.2, 0.25) is 0 Å². The van der Waals surface area contributed by atoms with Crippen LogP contribution in [0.4, 0.5) is 0 Å². The predicted molar refractivity (Wildman–Crippen MR) is 60.7 cm³/mol. The van der Waals surface area contributed by atoms with Crippen molar-refractivity contribution in [3.63, 3.8) is 0 Å². The Hall–Kier alpha value is -0.160. The van der Waals surface area contributed by atoms with E-state index in [4.69, 9.17) is 0 Å². The monoisotopic (exact) mass is 200 g/mol. The van der Waals surface area contributed by atoms with Crippen LogP contribution in [0.15, 0.2) is 0 Å². The molecule has 0 aliphatic carbocycles. The van der Waals surface area contributed by atoms with Gasteiger partial charge in [-0.05, 0) is 26.4 Å². The predicted octanol–water partition coefficient (Wildman–Crippen LogP) is -0.863. The van der Waals surface area contributed by atoms with Gasteiger partial charge in [-0.3, -0.25) is 0 Å². The lowest BCUT2D eigenvalue weighted by atomic mass is 10.3. The molecule has 1 saturated heterocycles. The Morgan fingerprint density at radius 3 is 2.29 bits per heavy atom. The average Bonchev–Trinajstić information content (AvgIpc) is 2.20. The van der Waals surface area contributed by atoms with E-state index < -0.39 is 0 Å². The molecule has 0 saturated carbocycles. The fraction of sp³-hybridized carbons (Fsp3) is 1.00. The van der Waals surface area contributed by atoms with Crippen molar-refractivity contribution in [1.29, 1.82) is 0 Å². The van der Waals surface area contributed by atoms with E-state index in [9.17, 15) is 0 Å². The van der Waals surface area contributed by atoms with Gasteiger partial charge in [0.1, 0.15) is 0 Å². The quantitative estimate of drug-likeness (QED) is 0.411. The number of hydrogen-bond acceptors (Lipinski definition) is 4. The summed E-state index contributed by atoms with van der Waals surface area (Å²) >= 11 is 0. The molecule has 0 aromatic rings. The van der Waals surface area contributed by atoms with Crippen LogP contribution >= 0.6 is 0 Å². The average molecular weight is 200 g/mol. The van der Waals surface area contributed by atoms with Crippen LogP contribution in [0.3, 0.4) is 0 Å². The summed E-state index contributed by atoms with van der Waals surface area (Å²) in [6.07, 6.45) is 1.22. The first-order valence-corrected chi connectivity index (χ1v) is 5.75. The second kappa shape index (κ2) is 8.17. The van der Waals surface area contributed by atoms with Crippen molar-refractivity contribution in [2.75, 3.05) is 45.8 Å². The van der Waals surface area contributed by atoms with E-state index in [1.165, 1.54) is 6.42 Å². The summed E-state index contributed by atoms with van der Waals surface area (Å²) in [6, 6.07) is 0.575. The van der Waals surface area contributed by atoms with E-state index in [1.807, 2.05) is 0 Å². The molecule has 1 aliphatic rings. The first kappa shape index (κ1) is 11.9. The van der Waals surface area contributed by atoms with Crippen LogP contribution < -0.4 is 21.3 Å². The molecule has 1 atom stereocenters. The van der Waals surface area contributed by atoms with Crippen molar-refractivity contribution in [2.24, 2.45) is 0 Å². The van der Waals surface area contributed by atoms with Gasteiger partial charge in [-0.25, -0.2) is 0 Å². The Kier molecular flexibility index (Phi) is 6.95. The molecule has 1 heterocycles. The van der Waals surface area contributed by atoms with Crippen LogP contribution in [-0.2, 0) is 0 Å². The molecule has 14 heavy (non-hydrogen) atoms. The van der Waals surface area contributed by atoms with Crippen molar-refractivity contribution < 1.29 is 0 Å². The maximum atomic E-state index is 3.48. The van der Waals surface area contributed by atoms with Gasteiger partial charge < -0.3 is 21.3 Å². The van der Waals surface area contributed by atoms with Gasteiger partial charge in [0.25, 0.3) is 0 Å². The standard InChI is InChI=1S/C10H24N4/c1-10-9-13-4-2-3-11-5-6-12-7-8-14-10/h10-14H,2-9H2,1H3. The first-order valence-electron chi connectivity index (χ1n) is 5.75. The van der Waals surface area contributed by atoms with Crippen LogP contribution in [0.5, 0.6) is 0 Å². The SMILES string of the molecule is CC1CNCCCNCCNCCN1. The maximum absolute atomic E-state index is 3.48. The molecule has 1 aliphatic heterocycles. The molecule has 1 fully saturated rings. The van der Waals surface area contributed by atoms with E-state index in [1.54, 1.807) is 0 Å². The Bertz CT molecular complexity index is 115. The third-order valence-corrected chi connectivity index (χ3v) is 2.43. The summed E-state index contributed by atoms with van der Waals surface area (Å²) in [5.41, 5.74) is 0. The van der Waals surface area contributed by atoms with Crippen LogP contribution in [0.2, 0.25) is 0 Å². The van der Waals surface area contributed by atoms with Crippen LogP contribution in [0.25, 0.3) is 0 Å². The summed E-state index contributed by atoms with van der Waals surface area (Å²) in [6.45, 7) is 9.81. The molecule has 0 spiro atoms. The lowest BCUT2D eigenvalue weighted by Crippen LogP contribution is -2.40. The highest BCUT2D eigenvalue weighted by molar-refractivity contribution is 4.66. The molecule has 4 heteroatoms. The molecule has 0 bridgehead atoms. The molecule has 0 aromatic heterocycles. The summed E-state index contributed by atoms with van der Waals surface area (Å²) in [5.74, 6) is 0. The highest BCUT2D eigenvalue weighted by Gasteiger charge is 2.00. The summed E-state index contributed by atoms with van der Waals surface area (Å²) < 4.78 is 0. The topological polar surface area (TPSA) is 48.1 Å². The molecule has 0 radical (unpaired) electrons. The molecule has 0 aromatic carbocycles. The summed E-state index contributed by atoms with van der Waals surface area (Å²) in [7, 11) is 0. The molecule has 4 N–H and O–H groups in total. The zero-order chi connectivity index (χ0) is 10.1. The van der Waals surface area contributed by atoms with Gasteiger partial charge in [-0.15, -0.1) is 0 Å². The smallest absolute Gasteiger partial charge is 0.0164 e. The normalized spacial score (nSPS) is 28.5. The van der Waals surface area contributed by atoms with Gasteiger partial charge in [0, 0.05) is 38.8 Å². The van der Waals surface area contributed by atoms with E-state index in [2.05, 4.69) is 28.2 Å². The second-order valence-corrected chi connectivity index (χ2v) is 3.91. The maximum Gasteiger partial charge on any atom is 0.0164 e. The second-order valence-electron chi connectivity index (χ2n) is 3.91. The highest BCUT2D eigenvalue weighted by atomic mass is 15.0. The van der Waals surface area contributed by atoms with Gasteiger partial charge in [-0.1, -0.05) is 0 Å². The minimum Gasteiger partial charge on any atom is -0.315 e. The number of rotatable bonds is 0. The van der Waals surface area contributed by atoms with Crippen molar-refractivity contribution in [3.05, 3.63) is 0 Å². The largest absolute Gasteiger partial charge is 0.315 e. The lowest BCUT2D eigenvalue weighted by Gasteiger charge is -2.14. The van der Waals surface area contributed by atoms with Crippen LogP contribution in [0, 0.1) is 0 Å². The van der Waals surface area contributed by atoms with E-state index >= 15 is 0 Å². The van der Waals surface area contributed by atoms with Gasteiger partial charge in [0.05, 0.1) is 0 Å². The highest BCUT2D eigenvalue weighted by Crippen LogP contribution is 1.80. The van der Waals surface area contributed by atoms with E-state index in [-0.39, 0.29) is 0 Å². The molecular formula is C10H24N4. The summed E-state index contributed by atoms with van der Waals surface area (Å²) in [4.78, 5) is 0. The van der Waals surface area contributed by atoms with Crippen molar-refractivity contribution in [3.8, 4) is 0 Å². The fourth-order valence-corrected chi connectivity index (χ4v) is 1.56. The lowest BCUT2D eigenvalue weighted by molar-refractivity contribution is 0.496. The number of hydrogen-bond donors (Lipinski definition) is 4. The molecule has 84 valence electrons. The molecule has 1 unspecified atom stereocenters. The van der Waals surface area contributed by atoms with E-state index in [0.29, 0.717) is 6.04 Å². The fourth-order valence-electron chi connectivity index (χ4n) is 1.56. The zero-order valence-electron chi connectivity index (χ0n) is 9.23. The third kappa shape index (κ3) is 6.32. The summed E-state index contributed by atoms with van der Waals surface area (Å²) in [5, 5.41) is 13.7. The Balaban J connectivity index is 2.12. The van der Waals surface area contributed by atoms with Crippen molar-refractivity contribution in [2.45, 2.75) is 19.4 Å². The molecule has 4 nitrogen and oxygen atoms in total. The molecule has 0 amide bonds. The van der Waals surface area contributed by atoms with Crippen LogP contribution in [0.1, 0.15) is 13.3 Å². The van der Waals surface area contributed by atoms with Crippen molar-refractivity contribution in [1.82, 2.24) is 21.3 Å². The minimum atomic E-state index is 0.575. The van der Waals surface area contributed by atoms with E-state index in [0.717, 1.165) is 45.8 Å². The Labute approximate surface area is 87.2 Å². The molecule has 1 rings (SSSR count). The van der Waals surface area contributed by atoms with Crippen molar-refractivity contribution >= 4 is 0 Å². The van der Waals surface area contributed by atoms with Gasteiger partial charge in [-0.2, -0.15) is 0 Å². The van der Waals surface area contributed by atoms with Gasteiger partial charge >= 0.3 is 0 Å². The number of nitrogens with one attached hydrogen (secondary N) is 4. The Morgan fingerprint density at radius 1 is 0.786 bits per heavy atom. The van der Waals surface area contributed by atoms with Crippen LogP contribution in [-0.4, -0.2) is 51.9 Å². The first-order chi connectivity index (χ1) is 6.89. The minimum absolute atomic E-state index is 0.575. The molecular weight excluding hydrogens is 176 g/mol. The Morgan fingerprint density at radius 2 is 1.43 bits per heavy atom. The third-order valence-electron chi connectivity index (χ3n) is 2.43. The van der Waals surface area contributed by atoms with Gasteiger partial charge in [0.15, 0.2) is 0 Å².